The van der Waals surface area contributed by atoms with Crippen LogP contribution in [0.3, 0.4) is 0 Å². The fourth-order valence-electron chi connectivity index (χ4n) is 3.23. The first-order valence-corrected chi connectivity index (χ1v) is 8.75. The van der Waals surface area contributed by atoms with Gasteiger partial charge in [-0.15, -0.1) is 0 Å². The highest BCUT2D eigenvalue weighted by Crippen LogP contribution is 2.35. The maximum absolute atomic E-state index is 12.1. The molecule has 0 N–H and O–H groups in total. The quantitative estimate of drug-likeness (QED) is 0.818. The van der Waals surface area contributed by atoms with Crippen LogP contribution >= 0.6 is 0 Å². The maximum atomic E-state index is 12.1. The summed E-state index contributed by atoms with van der Waals surface area (Å²) in [5, 5.41) is 6.17. The Hall–Kier alpha value is -2.82. The van der Waals surface area contributed by atoms with Crippen LogP contribution in [0, 0.1) is 0 Å². The maximum Gasteiger partial charge on any atom is 0.240 e. The molecule has 0 aromatic heterocycles. The zero-order chi connectivity index (χ0) is 18.7. The molecule has 2 aromatic rings. The lowest BCUT2D eigenvalue weighted by atomic mass is 9.97. The van der Waals surface area contributed by atoms with Crippen LogP contribution in [0.5, 0.6) is 11.5 Å². The Bertz CT molecular complexity index is 828. The molecule has 1 aliphatic heterocycles. The molecule has 0 aliphatic carbocycles. The van der Waals surface area contributed by atoms with Gasteiger partial charge in [0.15, 0.2) is 11.5 Å². The number of carbonyl (C=O) groups excluding carboxylic acids is 1. The smallest absolute Gasteiger partial charge is 0.240 e. The molecule has 0 saturated carbocycles. The van der Waals surface area contributed by atoms with Crippen molar-refractivity contribution in [2.45, 2.75) is 32.7 Å². The van der Waals surface area contributed by atoms with Crippen LogP contribution < -0.4 is 9.47 Å². The van der Waals surface area contributed by atoms with E-state index in [4.69, 9.17) is 9.47 Å². The van der Waals surface area contributed by atoms with Crippen molar-refractivity contribution < 1.29 is 14.3 Å². The Morgan fingerprint density at radius 2 is 1.81 bits per heavy atom. The normalized spacial score (nSPS) is 16.4. The minimum Gasteiger partial charge on any atom is -0.493 e. The van der Waals surface area contributed by atoms with Gasteiger partial charge in [0.1, 0.15) is 0 Å². The Morgan fingerprint density at radius 3 is 2.38 bits per heavy atom. The summed E-state index contributed by atoms with van der Waals surface area (Å²) in [4.78, 5) is 12.1. The van der Waals surface area contributed by atoms with Gasteiger partial charge in [0.25, 0.3) is 0 Å². The van der Waals surface area contributed by atoms with E-state index in [1.165, 1.54) is 5.56 Å². The highest BCUT2D eigenvalue weighted by molar-refractivity contribution is 6.03. The molecule has 136 valence electrons. The summed E-state index contributed by atoms with van der Waals surface area (Å²) in [6, 6.07) is 14.0. The van der Waals surface area contributed by atoms with Crippen LogP contribution in [0.4, 0.5) is 0 Å². The van der Waals surface area contributed by atoms with Crippen molar-refractivity contribution in [3.8, 4) is 11.5 Å². The summed E-state index contributed by atoms with van der Waals surface area (Å²) in [6.45, 7) is 3.68. The van der Waals surface area contributed by atoms with E-state index in [0.717, 1.165) is 23.3 Å². The van der Waals surface area contributed by atoms with Crippen molar-refractivity contribution in [2.75, 3.05) is 14.2 Å². The van der Waals surface area contributed by atoms with E-state index >= 15 is 0 Å². The summed E-state index contributed by atoms with van der Waals surface area (Å²) in [5.41, 5.74) is 4.17. The van der Waals surface area contributed by atoms with E-state index < -0.39 is 0 Å². The number of aryl methyl sites for hydroxylation is 1. The first-order valence-electron chi connectivity index (χ1n) is 8.75. The summed E-state index contributed by atoms with van der Waals surface area (Å²) >= 11 is 0. The van der Waals surface area contributed by atoms with Crippen LogP contribution in [-0.4, -0.2) is 30.8 Å². The molecule has 5 nitrogen and oxygen atoms in total. The highest BCUT2D eigenvalue weighted by Gasteiger charge is 2.31. The van der Waals surface area contributed by atoms with E-state index in [1.807, 2.05) is 18.2 Å². The first kappa shape index (κ1) is 18.0. The third-order valence-electron chi connectivity index (χ3n) is 4.72. The van der Waals surface area contributed by atoms with E-state index in [2.05, 4.69) is 36.3 Å². The molecule has 0 spiro atoms. The number of benzene rings is 2. The number of rotatable bonds is 5. The van der Waals surface area contributed by atoms with Crippen molar-refractivity contribution in [1.29, 1.82) is 0 Å². The summed E-state index contributed by atoms with van der Waals surface area (Å²) in [6.07, 6.45) is 1.66. The number of nitrogens with zero attached hydrogens (tertiary/aromatic N) is 2. The molecular weight excluding hydrogens is 328 g/mol. The van der Waals surface area contributed by atoms with E-state index in [-0.39, 0.29) is 11.9 Å². The molecule has 1 atom stereocenters. The molecule has 0 radical (unpaired) electrons. The van der Waals surface area contributed by atoms with Gasteiger partial charge in [-0.25, -0.2) is 5.01 Å². The predicted octanol–water partition coefficient (Wildman–Crippen LogP) is 3.96. The van der Waals surface area contributed by atoms with Crippen LogP contribution in [0.2, 0.25) is 0 Å². The average molecular weight is 352 g/mol. The molecule has 0 fully saturated rings. The molecule has 0 unspecified atom stereocenters. The second kappa shape index (κ2) is 7.60. The molecule has 5 heteroatoms. The Labute approximate surface area is 154 Å². The molecular formula is C21H24N2O3. The standard InChI is InChI=1S/C21H24N2O3/c1-5-15-6-8-16(9-7-15)19-13-18(22-23(19)14(2)24)17-10-11-20(25-3)21(12-17)26-4/h6-12,19H,5,13H2,1-4H3/t19-/m0/s1. The van der Waals surface area contributed by atoms with Gasteiger partial charge in [-0.1, -0.05) is 31.2 Å². The predicted molar refractivity (Wildman–Crippen MR) is 102 cm³/mol. The van der Waals surface area contributed by atoms with Crippen LogP contribution in [-0.2, 0) is 11.2 Å². The first-order chi connectivity index (χ1) is 12.6. The van der Waals surface area contributed by atoms with Gasteiger partial charge in [-0.3, -0.25) is 4.79 Å². The topological polar surface area (TPSA) is 51.1 Å². The van der Waals surface area contributed by atoms with Crippen molar-refractivity contribution in [3.05, 3.63) is 59.2 Å². The molecule has 3 rings (SSSR count). The fourth-order valence-corrected chi connectivity index (χ4v) is 3.23. The molecule has 0 bridgehead atoms. The van der Waals surface area contributed by atoms with Crippen molar-refractivity contribution in [2.24, 2.45) is 5.10 Å². The average Bonchev–Trinajstić information content (AvgIpc) is 3.13. The molecule has 1 heterocycles. The zero-order valence-electron chi connectivity index (χ0n) is 15.7. The summed E-state index contributed by atoms with van der Waals surface area (Å²) in [7, 11) is 3.22. The molecule has 1 aliphatic rings. The molecule has 1 amide bonds. The fraction of sp³-hybridized carbons (Fsp3) is 0.333. The lowest BCUT2D eigenvalue weighted by molar-refractivity contribution is -0.130. The van der Waals surface area contributed by atoms with Crippen LogP contribution in [0.25, 0.3) is 0 Å². The lowest BCUT2D eigenvalue weighted by Gasteiger charge is -2.20. The van der Waals surface area contributed by atoms with E-state index in [0.29, 0.717) is 17.9 Å². The van der Waals surface area contributed by atoms with Crippen molar-refractivity contribution >= 4 is 11.6 Å². The number of carbonyl (C=O) groups is 1. The van der Waals surface area contributed by atoms with Gasteiger partial charge >= 0.3 is 0 Å². The number of amides is 1. The monoisotopic (exact) mass is 352 g/mol. The third kappa shape index (κ3) is 3.43. The highest BCUT2D eigenvalue weighted by atomic mass is 16.5. The minimum absolute atomic E-state index is 0.0648. The summed E-state index contributed by atoms with van der Waals surface area (Å²) < 4.78 is 10.7. The van der Waals surface area contributed by atoms with E-state index in [9.17, 15) is 4.79 Å². The second-order valence-corrected chi connectivity index (χ2v) is 6.30. The van der Waals surface area contributed by atoms with Crippen molar-refractivity contribution in [3.63, 3.8) is 0 Å². The van der Waals surface area contributed by atoms with Crippen molar-refractivity contribution in [1.82, 2.24) is 5.01 Å². The van der Waals surface area contributed by atoms with E-state index in [1.54, 1.807) is 26.2 Å². The SMILES string of the molecule is CCc1ccc([C@@H]2CC(c3ccc(OC)c(OC)c3)=NN2C(C)=O)cc1. The Kier molecular flexibility index (Phi) is 5.26. The van der Waals surface area contributed by atoms with Crippen LogP contribution in [0.1, 0.15) is 43.0 Å². The number of hydrazone groups is 1. The Morgan fingerprint density at radius 1 is 1.12 bits per heavy atom. The molecule has 0 saturated heterocycles. The summed E-state index contributed by atoms with van der Waals surface area (Å²) in [5.74, 6) is 1.26. The number of hydrogen-bond acceptors (Lipinski definition) is 4. The number of ether oxygens (including phenoxy) is 2. The zero-order valence-corrected chi connectivity index (χ0v) is 15.7. The van der Waals surface area contributed by atoms with Gasteiger partial charge in [0.2, 0.25) is 5.91 Å². The van der Waals surface area contributed by atoms with Gasteiger partial charge < -0.3 is 9.47 Å². The molecule has 2 aromatic carbocycles. The third-order valence-corrected chi connectivity index (χ3v) is 4.72. The number of methoxy groups -OCH3 is 2. The van der Waals surface area contributed by atoms with Crippen LogP contribution in [0.15, 0.2) is 47.6 Å². The Balaban J connectivity index is 1.92. The number of hydrogen-bond donors (Lipinski definition) is 0. The van der Waals surface area contributed by atoms with Gasteiger partial charge in [-0.2, -0.15) is 5.10 Å². The largest absolute Gasteiger partial charge is 0.493 e. The van der Waals surface area contributed by atoms with Gasteiger partial charge in [0, 0.05) is 18.9 Å². The second-order valence-electron chi connectivity index (χ2n) is 6.30. The lowest BCUT2D eigenvalue weighted by Crippen LogP contribution is -2.24. The van der Waals surface area contributed by atoms with Gasteiger partial charge in [0.05, 0.1) is 26.0 Å². The van der Waals surface area contributed by atoms with Gasteiger partial charge in [-0.05, 0) is 35.7 Å². The minimum atomic E-state index is -0.0819. The molecule has 26 heavy (non-hydrogen) atoms.